The number of hydrogen-bond acceptors (Lipinski definition) is 11. The number of allylic oxidation sites excluding steroid dienone is 1. The average molecular weight is 1920 g/mol. The van der Waals surface area contributed by atoms with E-state index in [1.54, 1.807) is 17.5 Å². The molecule has 5 atom stereocenters. The average Bonchev–Trinajstić information content (AvgIpc) is 1.54. The number of hydrogen-bond donors (Lipinski definition) is 0. The van der Waals surface area contributed by atoms with Gasteiger partial charge in [-0.2, -0.15) is 20.4 Å². The lowest BCUT2D eigenvalue weighted by atomic mass is 9.77. The molecular weight excluding hydrogens is 1820 g/mol. The van der Waals surface area contributed by atoms with Crippen molar-refractivity contribution in [3.05, 3.63) is 478 Å². The number of pyridine rings is 1. The van der Waals surface area contributed by atoms with Crippen LogP contribution in [0.3, 0.4) is 0 Å². The molecule has 15 aromatic carbocycles. The van der Waals surface area contributed by atoms with Crippen LogP contribution < -0.4 is 79.3 Å². The van der Waals surface area contributed by atoms with Gasteiger partial charge in [0.05, 0.1) is 23.5 Å². The quantitative estimate of drug-likeness (QED) is 0.116. The molecule has 7 aliphatic heterocycles. The minimum atomic E-state index is -3.21. The summed E-state index contributed by atoms with van der Waals surface area (Å²) in [7, 11) is -19.8. The molecule has 1 aliphatic carbocycles. The first kappa shape index (κ1) is 86.5. The molecule has 18 heteroatoms. The van der Waals surface area contributed by atoms with E-state index < -0.39 is 51.9 Å². The van der Waals surface area contributed by atoms with Crippen LogP contribution in [0.4, 0.5) is 0 Å². The molecule has 0 amide bonds. The summed E-state index contributed by atoms with van der Waals surface area (Å²) in [6.45, 7) is 16.3. The zero-order valence-corrected chi connectivity index (χ0v) is 83.8. The highest BCUT2D eigenvalue weighted by Gasteiger charge is 2.54. The van der Waals surface area contributed by atoms with Crippen molar-refractivity contribution in [2.75, 3.05) is 6.16 Å². The molecule has 0 saturated heterocycles. The van der Waals surface area contributed by atoms with Crippen molar-refractivity contribution in [3.63, 3.8) is 0 Å². The Bertz CT molecular complexity index is 8790. The van der Waals surface area contributed by atoms with E-state index in [1.807, 2.05) is 206 Å². The van der Waals surface area contributed by atoms with Gasteiger partial charge >= 0.3 is 0 Å². The Labute approximate surface area is 803 Å². The Hall–Kier alpha value is -13.4. The highest BCUT2D eigenvalue weighted by molar-refractivity contribution is 7.90. The van der Waals surface area contributed by atoms with E-state index in [4.69, 9.17) is 0 Å². The fraction of sp³-hybridized carbons (Fsp3) is 0.0840. The topological polar surface area (TPSA) is 150 Å². The zero-order valence-electron chi connectivity index (χ0n) is 76.5. The summed E-state index contributed by atoms with van der Waals surface area (Å²) in [6.07, 6.45) is 12.9. The maximum Gasteiger partial charge on any atom is 0.173 e. The van der Waals surface area contributed by atoms with Crippen LogP contribution in [0.25, 0.3) is 75.9 Å². The number of fused-ring (bicyclic) bond motifs is 29. The van der Waals surface area contributed by atoms with Crippen molar-refractivity contribution >= 4 is 218 Å². The van der Waals surface area contributed by atoms with E-state index in [2.05, 4.69) is 266 Å². The van der Waals surface area contributed by atoms with Crippen molar-refractivity contribution in [1.29, 1.82) is 0 Å². The third-order valence-corrected chi connectivity index (χ3v) is 53.9. The fourth-order valence-electron chi connectivity index (χ4n) is 23.7. The largest absolute Gasteiger partial charge is 0.314 e. The second-order valence-corrected chi connectivity index (χ2v) is 61.1. The van der Waals surface area contributed by atoms with Crippen LogP contribution in [-0.2, 0) is 28.2 Å². The summed E-state index contributed by atoms with van der Waals surface area (Å²) < 4.78 is 77.1. The van der Waals surface area contributed by atoms with Gasteiger partial charge in [-0.05, 0) is 162 Å². The van der Waals surface area contributed by atoms with Crippen LogP contribution in [-0.4, -0.2) is 47.7 Å². The van der Waals surface area contributed by atoms with Crippen molar-refractivity contribution in [1.82, 2.24) is 25.4 Å². The number of aromatic nitrogens is 5. The summed E-state index contributed by atoms with van der Waals surface area (Å²) >= 11 is 1.55. The minimum Gasteiger partial charge on any atom is -0.314 e. The molecular formula is C119H92N5O5P5SSi2. The van der Waals surface area contributed by atoms with Crippen LogP contribution in [0.1, 0.15) is 98.8 Å². The molecule has 8 aliphatic rings. The molecule has 19 aromatic rings. The highest BCUT2D eigenvalue weighted by atomic mass is 32.1. The molecule has 10 nitrogen and oxygen atoms in total. The summed E-state index contributed by atoms with van der Waals surface area (Å²) in [6, 6.07) is 124. The van der Waals surface area contributed by atoms with Gasteiger partial charge in [-0.15, -0.1) is 11.3 Å². The van der Waals surface area contributed by atoms with Gasteiger partial charge in [0, 0.05) is 132 Å². The van der Waals surface area contributed by atoms with Gasteiger partial charge < -0.3 is 22.8 Å². The molecule has 0 spiro atoms. The molecule has 0 radical (unpaired) electrons. The van der Waals surface area contributed by atoms with Crippen molar-refractivity contribution in [3.8, 4) is 0 Å². The summed E-state index contributed by atoms with van der Waals surface area (Å²) in [5, 5.41) is 43.7. The SMILES string of the molecule is CCCP1(=O)c2ccccc2C2=C(c3c1ccc1ccccc31)C(C)(C)c1cnncc12.C[Si]1(C)C2=C(c3ccccc31)c1ccccc1P(=O)(c1ccc3ccncc3c1)c1ccccc12.C[Si]1(C)C2=C(c3cnncc31)c1c(ccc3ccccc13)P(=O)(c1ccccc1)c1ccccc12.O=P1(c2ccccc2)C2=C(c3ccccc31)c1ccccc1P(=O)(c1ccccc1)c1ccsc12. The van der Waals surface area contributed by atoms with E-state index in [0.717, 1.165) is 168 Å². The number of benzene rings is 15. The van der Waals surface area contributed by atoms with Crippen molar-refractivity contribution < 1.29 is 22.8 Å². The maximum absolute atomic E-state index is 15.7. The second-order valence-electron chi connectivity index (χ2n) is 37.9. The van der Waals surface area contributed by atoms with E-state index in [0.29, 0.717) is 6.16 Å². The Morgan fingerprint density at radius 1 is 0.307 bits per heavy atom. The Balaban J connectivity index is 0.0000000997. The van der Waals surface area contributed by atoms with Crippen molar-refractivity contribution in [2.24, 2.45) is 0 Å². The predicted molar refractivity (Wildman–Crippen MR) is 582 cm³/mol. The van der Waals surface area contributed by atoms with Gasteiger partial charge in [0.2, 0.25) is 0 Å². The first-order valence-electron chi connectivity index (χ1n) is 46.6. The van der Waals surface area contributed by atoms with Crippen LogP contribution in [0.15, 0.2) is 407 Å². The maximum atomic E-state index is 15.7. The van der Waals surface area contributed by atoms with Crippen LogP contribution in [0.2, 0.25) is 26.2 Å². The van der Waals surface area contributed by atoms with Crippen LogP contribution in [0, 0.1) is 0 Å². The Morgan fingerprint density at radius 2 is 0.737 bits per heavy atom. The summed E-state index contributed by atoms with van der Waals surface area (Å²) in [5.74, 6) is 0. The molecule has 0 fully saturated rings. The zero-order chi connectivity index (χ0) is 93.3. The van der Waals surface area contributed by atoms with Gasteiger partial charge in [-0.3, -0.25) is 4.98 Å². The molecule has 662 valence electrons. The Morgan fingerprint density at radius 3 is 1.33 bits per heavy atom. The molecule has 0 saturated carbocycles. The van der Waals surface area contributed by atoms with Crippen molar-refractivity contribution in [2.45, 2.75) is 58.8 Å². The Kier molecular flexibility index (Phi) is 20.6. The molecule has 137 heavy (non-hydrogen) atoms. The van der Waals surface area contributed by atoms with Crippen LogP contribution >= 0.6 is 47.0 Å². The van der Waals surface area contributed by atoms with E-state index in [-0.39, 0.29) is 5.41 Å². The molecule has 27 rings (SSSR count). The van der Waals surface area contributed by atoms with E-state index >= 15 is 22.8 Å². The van der Waals surface area contributed by atoms with Gasteiger partial charge in [0.25, 0.3) is 0 Å². The third-order valence-electron chi connectivity index (χ3n) is 29.6. The molecule has 5 unspecified atom stereocenters. The predicted octanol–water partition coefficient (Wildman–Crippen LogP) is 22.5. The lowest BCUT2D eigenvalue weighted by Gasteiger charge is -2.28. The molecule has 0 bridgehead atoms. The van der Waals surface area contributed by atoms with Gasteiger partial charge in [-0.1, -0.05) is 381 Å². The van der Waals surface area contributed by atoms with Gasteiger partial charge in [0.15, 0.2) is 28.6 Å². The fourth-order valence-corrected chi connectivity index (χ4v) is 48.0. The first-order valence-corrected chi connectivity index (χ1v) is 62.2. The molecule has 11 heterocycles. The third kappa shape index (κ3) is 12.6. The minimum absolute atomic E-state index is 0.284. The van der Waals surface area contributed by atoms with Gasteiger partial charge in [0.1, 0.15) is 23.3 Å². The lowest BCUT2D eigenvalue weighted by molar-refractivity contribution is 0.586. The standard InChI is InChI=1S/C31H24NOPSi.C30H23N2OPSi.C30H20O2P2S.C28H25N2OP/c1-35(2)29-14-8-5-11-26(29)30-24-9-3-6-12-27(24)34(33,28-13-7-4-10-25(28)31(30)35)23-16-15-21-17-18-32-20-22(21)19-23;1-35(2)27-19-32-31-18-24(27)29-28-22-13-7-6-10-20(22)16-17-26(28)34(33,21-11-4-3-5-12-21)25-15-9-8-14-23(25)30(29)35;31-33(21-11-3-1-4-12-21)25-17-9-7-15-23(25)28-24-16-8-10-18-26(24)34(32,22-13-5-2-6-14-22)29(28)30-27(33)19-20-35-30;1-4-15-32(31)23-12-8-7-11-20(23)25-21-16-29-30-17-22(21)28(2,3)27(25)26-19-10-6-5-9-18(19)13-14-24(26)32/h3-20H,1-2H3;3-19H,1-2H3;1-20H;5-14,16-17H,4,15H2,1-3H3. The van der Waals surface area contributed by atoms with Crippen LogP contribution in [0.5, 0.6) is 0 Å². The normalized spacial score (nSPS) is 20.3. The molecule has 4 aromatic heterocycles. The monoisotopic (exact) mass is 1910 g/mol. The number of thiophene rings is 1. The van der Waals surface area contributed by atoms with E-state index in [9.17, 15) is 0 Å². The summed E-state index contributed by atoms with van der Waals surface area (Å²) in [4.78, 5) is 5.21. The van der Waals surface area contributed by atoms with Gasteiger partial charge in [-0.25, -0.2) is 0 Å². The second kappa shape index (κ2) is 32.7. The summed E-state index contributed by atoms with van der Waals surface area (Å²) in [5.41, 5.74) is 18.9. The number of nitrogens with zero attached hydrogens (tertiary/aromatic N) is 5. The molecule has 0 N–H and O–H groups in total. The van der Waals surface area contributed by atoms with E-state index in [1.165, 1.54) is 65.0 Å². The lowest BCUT2D eigenvalue weighted by Crippen LogP contribution is -2.42. The smallest absolute Gasteiger partial charge is 0.173 e. The first-order chi connectivity index (χ1) is 66.7. The number of rotatable bonds is 6. The highest BCUT2D eigenvalue weighted by Crippen LogP contribution is 2.69.